The molecular weight excluding hydrogens is 311 g/mol. The fourth-order valence-corrected chi connectivity index (χ4v) is 2.14. The molecule has 114 valence electrons. The van der Waals surface area contributed by atoms with Crippen molar-refractivity contribution in [1.82, 2.24) is 4.90 Å². The molecule has 7 heteroatoms. The molecule has 1 amide bonds. The minimum Gasteiger partial charge on any atom is -0.337 e. The van der Waals surface area contributed by atoms with Gasteiger partial charge in [0.25, 0.3) is 11.6 Å². The lowest BCUT2D eigenvalue weighted by atomic mass is 10.1. The second-order valence-corrected chi connectivity index (χ2v) is 5.08. The number of nitro groups is 1. The Labute approximate surface area is 131 Å². The summed E-state index contributed by atoms with van der Waals surface area (Å²) >= 11 is 5.99. The zero-order valence-corrected chi connectivity index (χ0v) is 12.4. The number of carbonyl (C=O) groups excluding carboxylic acids is 1. The lowest BCUT2D eigenvalue weighted by Crippen LogP contribution is -2.27. The van der Waals surface area contributed by atoms with E-state index in [4.69, 9.17) is 11.6 Å². The molecule has 0 atom stereocenters. The smallest absolute Gasteiger partial charge is 0.269 e. The predicted molar refractivity (Wildman–Crippen MR) is 80.3 cm³/mol. The van der Waals surface area contributed by atoms with Gasteiger partial charge in [0.05, 0.1) is 10.5 Å². The van der Waals surface area contributed by atoms with E-state index in [9.17, 15) is 19.3 Å². The Morgan fingerprint density at radius 3 is 2.64 bits per heavy atom. The third-order valence-electron chi connectivity index (χ3n) is 3.10. The van der Waals surface area contributed by atoms with Crippen molar-refractivity contribution in [2.75, 3.05) is 7.05 Å². The molecule has 0 aromatic heterocycles. The van der Waals surface area contributed by atoms with Gasteiger partial charge in [-0.25, -0.2) is 4.39 Å². The van der Waals surface area contributed by atoms with Gasteiger partial charge in [0, 0.05) is 30.7 Å². The molecule has 0 aliphatic carbocycles. The summed E-state index contributed by atoms with van der Waals surface area (Å²) in [7, 11) is 1.48. The van der Waals surface area contributed by atoms with E-state index in [1.807, 2.05) is 0 Å². The lowest BCUT2D eigenvalue weighted by molar-refractivity contribution is -0.384. The molecule has 2 aromatic rings. The zero-order chi connectivity index (χ0) is 16.3. The van der Waals surface area contributed by atoms with Crippen molar-refractivity contribution in [3.05, 3.63) is 74.5 Å². The number of hydrogen-bond acceptors (Lipinski definition) is 3. The Kier molecular flexibility index (Phi) is 4.72. The van der Waals surface area contributed by atoms with Gasteiger partial charge in [-0.05, 0) is 23.8 Å². The van der Waals surface area contributed by atoms with Gasteiger partial charge in [0.15, 0.2) is 0 Å². The molecule has 0 bridgehead atoms. The molecule has 0 N–H and O–H groups in total. The summed E-state index contributed by atoms with van der Waals surface area (Å²) < 4.78 is 13.6. The van der Waals surface area contributed by atoms with Crippen molar-refractivity contribution in [2.24, 2.45) is 0 Å². The summed E-state index contributed by atoms with van der Waals surface area (Å²) in [6.07, 6.45) is 0. The monoisotopic (exact) mass is 322 g/mol. The van der Waals surface area contributed by atoms with Crippen LogP contribution in [0, 0.1) is 15.9 Å². The van der Waals surface area contributed by atoms with Gasteiger partial charge in [-0.1, -0.05) is 23.7 Å². The molecule has 0 heterocycles. The Morgan fingerprint density at radius 2 is 2.00 bits per heavy atom. The highest BCUT2D eigenvalue weighted by molar-refractivity contribution is 6.31. The Bertz CT molecular complexity index is 736. The van der Waals surface area contributed by atoms with Crippen LogP contribution < -0.4 is 0 Å². The quantitative estimate of drug-likeness (QED) is 0.637. The van der Waals surface area contributed by atoms with Crippen LogP contribution in [0.3, 0.4) is 0 Å². The summed E-state index contributed by atoms with van der Waals surface area (Å²) in [6.45, 7) is 0.0354. The minimum absolute atomic E-state index is 0.0354. The zero-order valence-electron chi connectivity index (χ0n) is 11.6. The molecule has 2 rings (SSSR count). The first-order chi connectivity index (χ1) is 10.4. The number of rotatable bonds is 4. The maximum atomic E-state index is 13.6. The van der Waals surface area contributed by atoms with Crippen molar-refractivity contribution in [3.8, 4) is 0 Å². The van der Waals surface area contributed by atoms with Crippen LogP contribution in [0.5, 0.6) is 0 Å². The van der Waals surface area contributed by atoms with Crippen LogP contribution in [0.15, 0.2) is 42.5 Å². The average molecular weight is 323 g/mol. The maximum Gasteiger partial charge on any atom is 0.269 e. The molecule has 22 heavy (non-hydrogen) atoms. The van der Waals surface area contributed by atoms with E-state index < -0.39 is 16.6 Å². The molecule has 0 saturated heterocycles. The minimum atomic E-state index is -0.621. The number of non-ortho nitro benzene ring substituents is 1. The summed E-state index contributed by atoms with van der Waals surface area (Å²) in [6, 6.07) is 9.60. The van der Waals surface area contributed by atoms with Gasteiger partial charge in [-0.3, -0.25) is 14.9 Å². The first kappa shape index (κ1) is 15.9. The first-order valence-electron chi connectivity index (χ1n) is 6.33. The van der Waals surface area contributed by atoms with E-state index in [0.29, 0.717) is 10.6 Å². The Morgan fingerprint density at radius 1 is 1.32 bits per heavy atom. The van der Waals surface area contributed by atoms with Crippen molar-refractivity contribution in [2.45, 2.75) is 6.54 Å². The number of carbonyl (C=O) groups is 1. The van der Waals surface area contributed by atoms with Crippen molar-refractivity contribution < 1.29 is 14.1 Å². The molecule has 5 nitrogen and oxygen atoms in total. The molecule has 2 aromatic carbocycles. The molecule has 0 unspecified atom stereocenters. The van der Waals surface area contributed by atoms with Crippen LogP contribution in [0.25, 0.3) is 0 Å². The summed E-state index contributed by atoms with van der Waals surface area (Å²) in [4.78, 5) is 23.7. The number of benzene rings is 2. The summed E-state index contributed by atoms with van der Waals surface area (Å²) in [5, 5.41) is 11.1. The van der Waals surface area contributed by atoms with Crippen molar-refractivity contribution in [1.29, 1.82) is 0 Å². The molecule has 0 spiro atoms. The fourth-order valence-electron chi connectivity index (χ4n) is 1.96. The number of nitrogens with zero attached hydrogens (tertiary/aromatic N) is 2. The van der Waals surface area contributed by atoms with E-state index in [1.165, 1.54) is 48.3 Å². The van der Waals surface area contributed by atoms with Gasteiger partial charge in [-0.2, -0.15) is 0 Å². The number of hydrogen-bond donors (Lipinski definition) is 0. The lowest BCUT2D eigenvalue weighted by Gasteiger charge is -2.18. The third-order valence-corrected chi connectivity index (χ3v) is 3.47. The third kappa shape index (κ3) is 3.40. The van der Waals surface area contributed by atoms with Gasteiger partial charge < -0.3 is 4.90 Å². The van der Waals surface area contributed by atoms with Crippen molar-refractivity contribution >= 4 is 23.2 Å². The highest BCUT2D eigenvalue weighted by atomic mass is 35.5. The van der Waals surface area contributed by atoms with Gasteiger partial charge >= 0.3 is 0 Å². The second-order valence-electron chi connectivity index (χ2n) is 4.67. The highest BCUT2D eigenvalue weighted by Crippen LogP contribution is 2.23. The topological polar surface area (TPSA) is 63.4 Å². The van der Waals surface area contributed by atoms with Gasteiger partial charge in [-0.15, -0.1) is 0 Å². The predicted octanol–water partition coefficient (Wildman–Crippen LogP) is 3.66. The van der Waals surface area contributed by atoms with E-state index in [-0.39, 0.29) is 17.8 Å². The molecular formula is C15H12ClFN2O3. The summed E-state index contributed by atoms with van der Waals surface area (Å²) in [5.41, 5.74) is 0.237. The van der Waals surface area contributed by atoms with Gasteiger partial charge in [0.1, 0.15) is 5.82 Å². The second kappa shape index (κ2) is 6.53. The maximum absolute atomic E-state index is 13.6. The molecule has 0 aliphatic rings. The fraction of sp³-hybridized carbons (Fsp3) is 0.133. The number of amides is 1. The van der Waals surface area contributed by atoms with E-state index in [0.717, 1.165) is 0 Å². The van der Waals surface area contributed by atoms with Crippen LogP contribution in [-0.2, 0) is 6.54 Å². The number of halogens is 2. The van der Waals surface area contributed by atoms with Crippen LogP contribution >= 0.6 is 11.6 Å². The van der Waals surface area contributed by atoms with Crippen LogP contribution in [-0.4, -0.2) is 22.8 Å². The van der Waals surface area contributed by atoms with Crippen LogP contribution in [0.1, 0.15) is 15.9 Å². The van der Waals surface area contributed by atoms with E-state index in [2.05, 4.69) is 0 Å². The largest absolute Gasteiger partial charge is 0.337 e. The molecule has 0 fully saturated rings. The molecule has 0 saturated carbocycles. The summed E-state index contributed by atoms with van der Waals surface area (Å²) in [5.74, 6) is -1.15. The van der Waals surface area contributed by atoms with Gasteiger partial charge in [0.2, 0.25) is 0 Å². The van der Waals surface area contributed by atoms with Crippen LogP contribution in [0.4, 0.5) is 10.1 Å². The van der Waals surface area contributed by atoms with Crippen LogP contribution in [0.2, 0.25) is 5.02 Å². The standard InChI is InChI=1S/C15H12ClFN2O3/c1-18(15(20)12-4-2-3-5-14(12)17)9-10-8-11(19(21)22)6-7-13(10)16/h2-8H,9H2,1H3. The first-order valence-corrected chi connectivity index (χ1v) is 6.70. The molecule has 0 radical (unpaired) electrons. The molecule has 0 aliphatic heterocycles. The number of nitro benzene ring substituents is 1. The Balaban J connectivity index is 2.24. The SMILES string of the molecule is CN(Cc1cc([N+](=O)[O-])ccc1Cl)C(=O)c1ccccc1F. The highest BCUT2D eigenvalue weighted by Gasteiger charge is 2.18. The van der Waals surface area contributed by atoms with E-state index in [1.54, 1.807) is 6.07 Å². The normalized spacial score (nSPS) is 10.3. The van der Waals surface area contributed by atoms with E-state index >= 15 is 0 Å². The van der Waals surface area contributed by atoms with Crippen molar-refractivity contribution in [3.63, 3.8) is 0 Å². The Hall–Kier alpha value is -2.47. The average Bonchev–Trinajstić information content (AvgIpc) is 2.49.